The Bertz CT molecular complexity index is 703. The van der Waals surface area contributed by atoms with E-state index in [0.29, 0.717) is 3.79 Å². The smallest absolute Gasteiger partial charge is 0.265 e. The highest BCUT2D eigenvalue weighted by Gasteiger charge is 2.22. The van der Waals surface area contributed by atoms with Gasteiger partial charge in [0.05, 0.1) is 8.81 Å². The number of nitrogens with zero attached hydrogens (tertiary/aromatic N) is 1. The molecule has 0 bridgehead atoms. The maximum Gasteiger partial charge on any atom is 0.265 e. The van der Waals surface area contributed by atoms with E-state index in [0.717, 1.165) is 4.88 Å². The molecule has 2 aromatic rings. The zero-order valence-electron chi connectivity index (χ0n) is 9.43. The summed E-state index contributed by atoms with van der Waals surface area (Å²) in [7, 11) is -3.74. The van der Waals surface area contributed by atoms with E-state index in [9.17, 15) is 8.42 Å². The molecule has 102 valence electrons. The number of nitrogens with one attached hydrogen (secondary N) is 1. The Labute approximate surface area is 128 Å². The maximum atomic E-state index is 12.2. The van der Waals surface area contributed by atoms with Gasteiger partial charge in [0.1, 0.15) is 4.90 Å². The summed E-state index contributed by atoms with van der Waals surface area (Å²) in [4.78, 5) is 4.77. The van der Waals surface area contributed by atoms with E-state index in [1.165, 1.54) is 23.6 Å². The first-order valence-corrected chi connectivity index (χ1v) is 8.52. The van der Waals surface area contributed by atoms with Crippen LogP contribution >= 0.6 is 38.9 Å². The maximum absolute atomic E-state index is 12.2. The molecule has 0 aliphatic rings. The highest BCUT2D eigenvalue weighted by atomic mass is 79.9. The monoisotopic (exact) mass is 381 g/mol. The van der Waals surface area contributed by atoms with Crippen LogP contribution in [0.4, 0.5) is 5.82 Å². The van der Waals surface area contributed by atoms with Crippen molar-refractivity contribution in [3.8, 4) is 0 Å². The van der Waals surface area contributed by atoms with Crippen LogP contribution in [-0.2, 0) is 16.6 Å². The number of aromatic nitrogens is 1. The number of hydrogen-bond acceptors (Lipinski definition) is 5. The van der Waals surface area contributed by atoms with Gasteiger partial charge in [-0.15, -0.1) is 11.3 Å². The molecule has 19 heavy (non-hydrogen) atoms. The average Bonchev–Trinajstić information content (AvgIpc) is 2.74. The molecule has 0 aliphatic carbocycles. The predicted molar refractivity (Wildman–Crippen MR) is 80.0 cm³/mol. The van der Waals surface area contributed by atoms with Crippen molar-refractivity contribution < 1.29 is 8.42 Å². The Hall–Kier alpha value is -0.670. The van der Waals surface area contributed by atoms with Crippen LogP contribution in [0.3, 0.4) is 0 Å². The van der Waals surface area contributed by atoms with E-state index in [1.54, 1.807) is 12.1 Å². The molecule has 9 heteroatoms. The third-order valence-corrected chi connectivity index (χ3v) is 6.11. The number of hydrogen-bond donors (Lipinski definition) is 2. The fourth-order valence-electron chi connectivity index (χ4n) is 1.32. The summed E-state index contributed by atoms with van der Waals surface area (Å²) in [6.07, 6.45) is 1.46. The second-order valence-electron chi connectivity index (χ2n) is 3.49. The molecule has 0 spiro atoms. The lowest BCUT2D eigenvalue weighted by molar-refractivity contribution is 0.601. The van der Waals surface area contributed by atoms with Gasteiger partial charge in [-0.2, -0.15) is 0 Å². The summed E-state index contributed by atoms with van der Waals surface area (Å²) in [6.45, 7) is 0.281. The minimum atomic E-state index is -3.74. The number of anilines is 1. The van der Waals surface area contributed by atoms with Crippen LogP contribution in [0.1, 0.15) is 4.88 Å². The highest BCUT2D eigenvalue weighted by molar-refractivity contribution is 9.11. The van der Waals surface area contributed by atoms with E-state index in [-0.39, 0.29) is 22.3 Å². The lowest BCUT2D eigenvalue weighted by Gasteiger charge is -2.07. The van der Waals surface area contributed by atoms with Crippen molar-refractivity contribution in [2.75, 3.05) is 4.72 Å². The van der Waals surface area contributed by atoms with Gasteiger partial charge in [0.15, 0.2) is 5.82 Å². The van der Waals surface area contributed by atoms with Crippen molar-refractivity contribution in [2.45, 2.75) is 11.4 Å². The number of sulfonamides is 1. The number of thiophene rings is 1. The fraction of sp³-hybridized carbons (Fsp3) is 0.100. The average molecular weight is 383 g/mol. The first-order chi connectivity index (χ1) is 8.94. The molecule has 0 saturated carbocycles. The minimum absolute atomic E-state index is 0.0940. The van der Waals surface area contributed by atoms with Gasteiger partial charge in [-0.1, -0.05) is 11.6 Å². The molecule has 2 heterocycles. The standard InChI is InChI=1S/C10H9BrClN3O2S2/c11-9-8(4-6(5-13)18-9)19(16,17)15-10-7(12)2-1-3-14-10/h1-4H,5,13H2,(H,14,15). The molecule has 2 rings (SSSR count). The molecule has 0 amide bonds. The number of nitrogens with two attached hydrogens (primary N) is 1. The summed E-state index contributed by atoms with van der Waals surface area (Å²) in [5, 5.41) is 0.233. The third kappa shape index (κ3) is 3.26. The SMILES string of the molecule is NCc1cc(S(=O)(=O)Nc2ncccc2Cl)c(Br)s1. The Morgan fingerprint density at radius 1 is 1.53 bits per heavy atom. The first-order valence-electron chi connectivity index (χ1n) is 5.05. The third-order valence-electron chi connectivity index (χ3n) is 2.19. The Kier molecular flexibility index (Phi) is 4.46. The summed E-state index contributed by atoms with van der Waals surface area (Å²) >= 11 is 10.4. The number of pyridine rings is 1. The van der Waals surface area contributed by atoms with Crippen molar-refractivity contribution >= 4 is 54.7 Å². The Morgan fingerprint density at radius 3 is 2.84 bits per heavy atom. The van der Waals surface area contributed by atoms with Gasteiger partial charge >= 0.3 is 0 Å². The fourth-order valence-corrected chi connectivity index (χ4v) is 5.14. The van der Waals surface area contributed by atoms with Crippen molar-refractivity contribution in [3.63, 3.8) is 0 Å². The quantitative estimate of drug-likeness (QED) is 0.851. The molecule has 0 fully saturated rings. The van der Waals surface area contributed by atoms with Gasteiger partial charge in [-0.25, -0.2) is 13.4 Å². The van der Waals surface area contributed by atoms with Gasteiger partial charge in [0.25, 0.3) is 10.0 Å². The highest BCUT2D eigenvalue weighted by Crippen LogP contribution is 2.33. The lowest BCUT2D eigenvalue weighted by Crippen LogP contribution is -2.14. The van der Waals surface area contributed by atoms with E-state index >= 15 is 0 Å². The summed E-state index contributed by atoms with van der Waals surface area (Å²) < 4.78 is 27.3. The largest absolute Gasteiger partial charge is 0.326 e. The Balaban J connectivity index is 2.38. The molecular weight excluding hydrogens is 374 g/mol. The second kappa shape index (κ2) is 5.76. The van der Waals surface area contributed by atoms with Crippen molar-refractivity contribution in [1.29, 1.82) is 0 Å². The molecule has 0 radical (unpaired) electrons. The molecule has 0 atom stereocenters. The van der Waals surface area contributed by atoms with Crippen molar-refractivity contribution in [3.05, 3.63) is 38.1 Å². The molecule has 2 aromatic heterocycles. The molecule has 3 N–H and O–H groups in total. The van der Waals surface area contributed by atoms with Crippen LogP contribution in [0.25, 0.3) is 0 Å². The van der Waals surface area contributed by atoms with Crippen LogP contribution in [0, 0.1) is 0 Å². The molecule has 0 unspecified atom stereocenters. The van der Waals surface area contributed by atoms with Gasteiger partial charge in [-0.05, 0) is 34.1 Å². The summed E-state index contributed by atoms with van der Waals surface area (Å²) in [5.74, 6) is 0.0940. The van der Waals surface area contributed by atoms with Gasteiger partial charge in [0.2, 0.25) is 0 Å². The first kappa shape index (κ1) is 14.7. The van der Waals surface area contributed by atoms with E-state index in [1.807, 2.05) is 0 Å². The van der Waals surface area contributed by atoms with E-state index < -0.39 is 10.0 Å². The van der Waals surface area contributed by atoms with Crippen LogP contribution in [0.15, 0.2) is 33.1 Å². The lowest BCUT2D eigenvalue weighted by atomic mass is 10.5. The van der Waals surface area contributed by atoms with Crippen LogP contribution in [-0.4, -0.2) is 13.4 Å². The molecule has 5 nitrogen and oxygen atoms in total. The normalized spacial score (nSPS) is 11.5. The van der Waals surface area contributed by atoms with Crippen molar-refractivity contribution in [1.82, 2.24) is 4.98 Å². The second-order valence-corrected chi connectivity index (χ2v) is 8.01. The summed E-state index contributed by atoms with van der Waals surface area (Å²) in [6, 6.07) is 4.70. The van der Waals surface area contributed by atoms with Crippen molar-refractivity contribution in [2.24, 2.45) is 5.73 Å². The van der Waals surface area contributed by atoms with Crippen LogP contribution in [0.2, 0.25) is 5.02 Å². The topological polar surface area (TPSA) is 85.1 Å². The van der Waals surface area contributed by atoms with Crippen LogP contribution < -0.4 is 10.5 Å². The molecule has 0 aliphatic heterocycles. The Morgan fingerprint density at radius 2 is 2.26 bits per heavy atom. The van der Waals surface area contributed by atoms with Gasteiger partial charge in [0, 0.05) is 17.6 Å². The predicted octanol–water partition coefficient (Wildman–Crippen LogP) is 2.82. The summed E-state index contributed by atoms with van der Waals surface area (Å²) in [5.41, 5.74) is 5.49. The minimum Gasteiger partial charge on any atom is -0.326 e. The van der Waals surface area contributed by atoms with Crippen LogP contribution in [0.5, 0.6) is 0 Å². The van der Waals surface area contributed by atoms with Gasteiger partial charge in [-0.3, -0.25) is 4.72 Å². The number of halogens is 2. The number of rotatable bonds is 4. The van der Waals surface area contributed by atoms with Gasteiger partial charge < -0.3 is 5.73 Å². The molecule has 0 aromatic carbocycles. The van der Waals surface area contributed by atoms with E-state index in [4.69, 9.17) is 17.3 Å². The van der Waals surface area contributed by atoms with E-state index in [2.05, 4.69) is 25.6 Å². The molecular formula is C10H9BrClN3O2S2. The zero-order chi connectivity index (χ0) is 14.0. The zero-order valence-corrected chi connectivity index (χ0v) is 13.4. The molecule has 0 saturated heterocycles.